The topological polar surface area (TPSA) is 112 Å². The first-order valence-electron chi connectivity index (χ1n) is 9.69. The molecule has 0 radical (unpaired) electrons. The lowest BCUT2D eigenvalue weighted by Gasteiger charge is -2.38. The smallest absolute Gasteiger partial charge is 0.197 e. The first-order valence-corrected chi connectivity index (χ1v) is 10.6. The third-order valence-corrected chi connectivity index (χ3v) is 6.54. The van der Waals surface area contributed by atoms with Crippen molar-refractivity contribution in [2.45, 2.75) is 70.2 Å². The maximum Gasteiger partial charge on any atom is 0.197 e. The van der Waals surface area contributed by atoms with Gasteiger partial charge in [-0.2, -0.15) is 0 Å². The second kappa shape index (κ2) is 9.11. The first kappa shape index (κ1) is 21.5. The minimum atomic E-state index is -1.02. The molecule has 0 bridgehead atoms. The Hall–Kier alpha value is -1.16. The summed E-state index contributed by atoms with van der Waals surface area (Å²) in [4.78, 5) is 16.6. The van der Waals surface area contributed by atoms with Gasteiger partial charge in [-0.15, -0.1) is 11.3 Å². The fourth-order valence-electron chi connectivity index (χ4n) is 3.72. The van der Waals surface area contributed by atoms with Gasteiger partial charge in [-0.05, 0) is 32.8 Å². The number of allylic oxidation sites excluding steroid dienone is 1. The van der Waals surface area contributed by atoms with Gasteiger partial charge in [-0.1, -0.05) is 12.5 Å². The molecule has 156 valence electrons. The van der Waals surface area contributed by atoms with Crippen molar-refractivity contribution in [3.8, 4) is 0 Å². The van der Waals surface area contributed by atoms with Crippen LogP contribution in [0.25, 0.3) is 0 Å². The number of carbonyl (C=O) groups excluding carboxylic acids is 1. The Kier molecular flexibility index (Phi) is 7.01. The minimum Gasteiger partial charge on any atom is -0.393 e. The molecule has 0 aromatic carbocycles. The third kappa shape index (κ3) is 5.06. The van der Waals surface area contributed by atoms with Crippen LogP contribution in [0.15, 0.2) is 23.4 Å². The number of epoxide rings is 1. The maximum absolute atomic E-state index is 12.1. The predicted octanol–water partition coefficient (Wildman–Crippen LogP) is 1.57. The van der Waals surface area contributed by atoms with E-state index in [1.165, 1.54) is 23.6 Å². The summed E-state index contributed by atoms with van der Waals surface area (Å²) in [6, 6.07) is 0. The summed E-state index contributed by atoms with van der Waals surface area (Å²) in [6.45, 7) is 5.82. The van der Waals surface area contributed by atoms with Gasteiger partial charge < -0.3 is 24.8 Å². The summed E-state index contributed by atoms with van der Waals surface area (Å²) in [5.74, 6) is -0.299. The van der Waals surface area contributed by atoms with Gasteiger partial charge in [-0.25, -0.2) is 0 Å². The number of rotatable bonds is 8. The summed E-state index contributed by atoms with van der Waals surface area (Å²) in [5, 5.41) is 30.7. The molecule has 1 aromatic rings. The predicted molar refractivity (Wildman–Crippen MR) is 104 cm³/mol. The van der Waals surface area contributed by atoms with E-state index < -0.39 is 24.4 Å². The molecule has 28 heavy (non-hydrogen) atoms. The van der Waals surface area contributed by atoms with E-state index >= 15 is 0 Å². The fourth-order valence-corrected chi connectivity index (χ4v) is 4.25. The average molecular weight is 412 g/mol. The van der Waals surface area contributed by atoms with Gasteiger partial charge >= 0.3 is 0 Å². The zero-order valence-electron chi connectivity index (χ0n) is 16.4. The number of thiazole rings is 1. The Morgan fingerprint density at radius 1 is 1.36 bits per heavy atom. The van der Waals surface area contributed by atoms with E-state index in [2.05, 4.69) is 4.98 Å². The van der Waals surface area contributed by atoms with E-state index in [9.17, 15) is 20.1 Å². The number of hydrogen-bond donors (Lipinski definition) is 3. The Labute approximate surface area is 169 Å². The number of nitrogens with zero attached hydrogens (tertiary/aromatic N) is 1. The zero-order valence-corrected chi connectivity index (χ0v) is 17.2. The Morgan fingerprint density at radius 3 is 2.75 bits per heavy atom. The highest BCUT2D eigenvalue weighted by Gasteiger charge is 2.48. The molecule has 8 heteroatoms. The van der Waals surface area contributed by atoms with Crippen LogP contribution in [-0.4, -0.2) is 69.3 Å². The molecule has 8 atom stereocenters. The van der Waals surface area contributed by atoms with Crippen LogP contribution < -0.4 is 0 Å². The normalized spacial score (nSPS) is 35.4. The molecule has 7 nitrogen and oxygen atoms in total. The van der Waals surface area contributed by atoms with Crippen molar-refractivity contribution in [3.05, 3.63) is 28.2 Å². The molecule has 2 aliphatic rings. The molecule has 2 saturated heterocycles. The molecular weight excluding hydrogens is 382 g/mol. The van der Waals surface area contributed by atoms with Gasteiger partial charge in [0.05, 0.1) is 47.5 Å². The van der Waals surface area contributed by atoms with Gasteiger partial charge in [0.2, 0.25) is 0 Å². The SMILES string of the molecule is C/C(=C\C(=O)c1cncs1)C[C@@H]1OC[C@H](C[C@@H]2O[C@H]2[C@@H](C)[C@H](C)O)[C@@H](O)[C@H]1O. The van der Waals surface area contributed by atoms with Gasteiger partial charge in [0.1, 0.15) is 6.10 Å². The van der Waals surface area contributed by atoms with Crippen molar-refractivity contribution >= 4 is 17.1 Å². The number of aromatic nitrogens is 1. The summed E-state index contributed by atoms with van der Waals surface area (Å²) in [6.07, 6.45) is 1.07. The molecular formula is C20H29NO6S. The fraction of sp³-hybridized carbons (Fsp3) is 0.700. The van der Waals surface area contributed by atoms with Crippen LogP contribution in [0.2, 0.25) is 0 Å². The summed E-state index contributed by atoms with van der Waals surface area (Å²) < 4.78 is 11.4. The van der Waals surface area contributed by atoms with E-state index in [1.54, 1.807) is 12.4 Å². The van der Waals surface area contributed by atoms with E-state index in [0.717, 1.165) is 5.57 Å². The lowest BCUT2D eigenvalue weighted by molar-refractivity contribution is -0.165. The molecule has 0 spiro atoms. The highest BCUT2D eigenvalue weighted by atomic mass is 32.1. The number of carbonyl (C=O) groups is 1. The van der Waals surface area contributed by atoms with E-state index in [-0.39, 0.29) is 29.8 Å². The number of hydrogen-bond acceptors (Lipinski definition) is 8. The monoisotopic (exact) mass is 411 g/mol. The van der Waals surface area contributed by atoms with Crippen molar-refractivity contribution in [2.75, 3.05) is 6.61 Å². The van der Waals surface area contributed by atoms with Gasteiger partial charge in [0.15, 0.2) is 5.78 Å². The number of ketones is 1. The summed E-state index contributed by atoms with van der Waals surface area (Å²) >= 11 is 1.28. The van der Waals surface area contributed by atoms with Crippen LogP contribution in [0.3, 0.4) is 0 Å². The lowest BCUT2D eigenvalue weighted by Crippen LogP contribution is -2.50. The molecule has 3 heterocycles. The summed E-state index contributed by atoms with van der Waals surface area (Å²) in [7, 11) is 0. The van der Waals surface area contributed by atoms with Crippen molar-refractivity contribution in [3.63, 3.8) is 0 Å². The number of ether oxygens (including phenoxy) is 2. The first-order chi connectivity index (χ1) is 13.3. The molecule has 0 unspecified atom stereocenters. The summed E-state index contributed by atoms with van der Waals surface area (Å²) in [5.41, 5.74) is 2.39. The Balaban J connectivity index is 1.50. The molecule has 0 amide bonds. The van der Waals surface area contributed by atoms with Crippen molar-refractivity contribution in [1.82, 2.24) is 4.98 Å². The van der Waals surface area contributed by atoms with Crippen LogP contribution in [0.5, 0.6) is 0 Å². The number of aliphatic hydroxyl groups is 3. The van der Waals surface area contributed by atoms with E-state index in [1.807, 2.05) is 13.8 Å². The molecule has 0 saturated carbocycles. The van der Waals surface area contributed by atoms with Crippen LogP contribution in [0, 0.1) is 11.8 Å². The molecule has 1 aromatic heterocycles. The van der Waals surface area contributed by atoms with Crippen molar-refractivity contribution in [2.24, 2.45) is 11.8 Å². The second-order valence-corrected chi connectivity index (χ2v) is 8.90. The quantitative estimate of drug-likeness (QED) is 0.338. The number of aliphatic hydroxyl groups excluding tert-OH is 3. The Morgan fingerprint density at radius 2 is 2.11 bits per heavy atom. The van der Waals surface area contributed by atoms with Crippen LogP contribution in [0.1, 0.15) is 43.3 Å². The van der Waals surface area contributed by atoms with Crippen molar-refractivity contribution in [1.29, 1.82) is 0 Å². The molecule has 0 aliphatic carbocycles. The molecule has 2 fully saturated rings. The molecule has 3 rings (SSSR count). The van der Waals surface area contributed by atoms with E-state index in [0.29, 0.717) is 24.3 Å². The zero-order chi connectivity index (χ0) is 20.4. The largest absolute Gasteiger partial charge is 0.393 e. The minimum absolute atomic E-state index is 0.00926. The van der Waals surface area contributed by atoms with Crippen LogP contribution >= 0.6 is 11.3 Å². The standard InChI is InChI=1S/C20H29NO6S/c1-10(4-14(23)17-7-21-9-28-17)5-15-19(25)18(24)13(8-26-15)6-16-20(27-16)11(2)12(3)22/h4,7,9,11-13,15-16,18-20,22,24-25H,5-6,8H2,1-3H3/b10-4+/t11-,12-,13-,15-,16-,18+,19-,20-/m0/s1. The van der Waals surface area contributed by atoms with Gasteiger partial charge in [0, 0.05) is 18.0 Å². The van der Waals surface area contributed by atoms with Crippen molar-refractivity contribution < 1.29 is 29.6 Å². The highest BCUT2D eigenvalue weighted by Crippen LogP contribution is 2.38. The Bertz CT molecular complexity index is 691. The second-order valence-electron chi connectivity index (χ2n) is 8.01. The van der Waals surface area contributed by atoms with E-state index in [4.69, 9.17) is 9.47 Å². The van der Waals surface area contributed by atoms with Crippen LogP contribution in [0.4, 0.5) is 0 Å². The highest BCUT2D eigenvalue weighted by molar-refractivity contribution is 7.11. The third-order valence-electron chi connectivity index (χ3n) is 5.75. The van der Waals surface area contributed by atoms with Gasteiger partial charge in [-0.3, -0.25) is 9.78 Å². The molecule has 2 aliphatic heterocycles. The van der Waals surface area contributed by atoms with Crippen LogP contribution in [-0.2, 0) is 9.47 Å². The van der Waals surface area contributed by atoms with Gasteiger partial charge in [0.25, 0.3) is 0 Å². The molecule has 3 N–H and O–H groups in total. The average Bonchev–Trinajstić information content (AvgIpc) is 3.17. The maximum atomic E-state index is 12.1. The lowest BCUT2D eigenvalue weighted by atomic mass is 9.85.